The summed E-state index contributed by atoms with van der Waals surface area (Å²) >= 11 is 15.7. The van der Waals surface area contributed by atoms with Crippen LogP contribution >= 0.6 is 39.1 Å². The van der Waals surface area contributed by atoms with Gasteiger partial charge < -0.3 is 15.4 Å². The summed E-state index contributed by atoms with van der Waals surface area (Å²) in [6.45, 7) is 10.9. The molecule has 0 aromatic heterocycles. The summed E-state index contributed by atoms with van der Waals surface area (Å²) < 4.78 is 6.02. The van der Waals surface area contributed by atoms with E-state index in [-0.39, 0.29) is 5.92 Å². The summed E-state index contributed by atoms with van der Waals surface area (Å²) in [7, 11) is 0. The summed E-state index contributed by atoms with van der Waals surface area (Å²) in [6, 6.07) is 3.72. The Morgan fingerprint density at radius 1 is 1.21 bits per heavy atom. The lowest BCUT2D eigenvalue weighted by atomic mass is 9.95. The summed E-state index contributed by atoms with van der Waals surface area (Å²) in [5, 5.41) is 7.09. The maximum absolute atomic E-state index is 11.8. The SMILES string of the molecule is CC(C)C(CNC(=O)OC(C)(C)C)CNc1ccc(Br)c(Cl)c1Cl. The van der Waals surface area contributed by atoms with Crippen molar-refractivity contribution >= 4 is 50.9 Å². The molecule has 0 saturated heterocycles. The van der Waals surface area contributed by atoms with Gasteiger partial charge >= 0.3 is 6.09 Å². The number of amides is 1. The fourth-order valence-electron chi connectivity index (χ4n) is 1.98. The van der Waals surface area contributed by atoms with Gasteiger partial charge in [0.15, 0.2) is 0 Å². The van der Waals surface area contributed by atoms with Gasteiger partial charge in [-0.15, -0.1) is 0 Å². The first-order valence-electron chi connectivity index (χ1n) is 7.85. The molecular weight excluding hydrogens is 415 g/mol. The number of halogens is 3. The second-order valence-corrected chi connectivity index (χ2v) is 8.60. The number of hydrogen-bond acceptors (Lipinski definition) is 3. The van der Waals surface area contributed by atoms with E-state index >= 15 is 0 Å². The normalized spacial score (nSPS) is 12.9. The average molecular weight is 440 g/mol. The lowest BCUT2D eigenvalue weighted by Crippen LogP contribution is -2.38. The second-order valence-electron chi connectivity index (χ2n) is 6.99. The van der Waals surface area contributed by atoms with Gasteiger partial charge in [0.05, 0.1) is 15.7 Å². The summed E-state index contributed by atoms with van der Waals surface area (Å²) in [6.07, 6.45) is -0.405. The number of ether oxygens (including phenoxy) is 1. The molecule has 7 heteroatoms. The Hall–Kier alpha value is -0.650. The van der Waals surface area contributed by atoms with E-state index in [0.717, 1.165) is 10.2 Å². The van der Waals surface area contributed by atoms with Crippen molar-refractivity contribution in [3.63, 3.8) is 0 Å². The van der Waals surface area contributed by atoms with Crippen molar-refractivity contribution in [3.05, 3.63) is 26.7 Å². The summed E-state index contributed by atoms with van der Waals surface area (Å²) in [5.74, 6) is 0.591. The standard InChI is InChI=1S/C17H25BrCl2N2O2/c1-10(2)11(9-22-16(23)24-17(3,4)5)8-21-13-7-6-12(18)14(19)15(13)20/h6-7,10-11,21H,8-9H2,1-5H3,(H,22,23). The van der Waals surface area contributed by atoms with Gasteiger partial charge in [-0.1, -0.05) is 37.0 Å². The van der Waals surface area contributed by atoms with Crippen LogP contribution in [0.5, 0.6) is 0 Å². The van der Waals surface area contributed by atoms with Gasteiger partial charge in [0.25, 0.3) is 0 Å². The lowest BCUT2D eigenvalue weighted by Gasteiger charge is -2.24. The van der Waals surface area contributed by atoms with Crippen LogP contribution in [-0.4, -0.2) is 24.8 Å². The smallest absolute Gasteiger partial charge is 0.407 e. The van der Waals surface area contributed by atoms with Gasteiger partial charge in [-0.2, -0.15) is 0 Å². The predicted octanol–water partition coefficient (Wildman–Crippen LogP) is 5.96. The Morgan fingerprint density at radius 2 is 1.83 bits per heavy atom. The average Bonchev–Trinajstić information content (AvgIpc) is 2.44. The first kappa shape index (κ1) is 21.4. The molecule has 24 heavy (non-hydrogen) atoms. The van der Waals surface area contributed by atoms with E-state index in [0.29, 0.717) is 29.1 Å². The van der Waals surface area contributed by atoms with Crippen LogP contribution in [0.15, 0.2) is 16.6 Å². The third-order valence-corrected chi connectivity index (χ3v) is 5.21. The number of carbonyl (C=O) groups excluding carboxylic acids is 1. The Bertz CT molecular complexity index is 574. The highest BCUT2D eigenvalue weighted by atomic mass is 79.9. The van der Waals surface area contributed by atoms with Crippen molar-refractivity contribution in [3.8, 4) is 0 Å². The molecular formula is C17H25BrCl2N2O2. The zero-order valence-electron chi connectivity index (χ0n) is 14.7. The highest BCUT2D eigenvalue weighted by Crippen LogP contribution is 2.36. The third-order valence-electron chi connectivity index (χ3n) is 3.44. The fraction of sp³-hybridized carbons (Fsp3) is 0.588. The van der Waals surface area contributed by atoms with Crippen LogP contribution in [0.1, 0.15) is 34.6 Å². The number of carbonyl (C=O) groups is 1. The van der Waals surface area contributed by atoms with E-state index in [1.54, 1.807) is 0 Å². The van der Waals surface area contributed by atoms with Gasteiger partial charge in [-0.05, 0) is 60.7 Å². The number of rotatable bonds is 6. The van der Waals surface area contributed by atoms with Crippen LogP contribution in [0.3, 0.4) is 0 Å². The minimum Gasteiger partial charge on any atom is -0.444 e. The molecule has 1 aromatic carbocycles. The van der Waals surface area contributed by atoms with Crippen molar-refractivity contribution in [1.82, 2.24) is 5.32 Å². The molecule has 1 amide bonds. The maximum Gasteiger partial charge on any atom is 0.407 e. The topological polar surface area (TPSA) is 50.4 Å². The molecule has 1 aromatic rings. The number of alkyl carbamates (subject to hydrolysis) is 1. The molecule has 1 rings (SSSR count). The molecule has 0 radical (unpaired) electrons. The summed E-state index contributed by atoms with van der Waals surface area (Å²) in [4.78, 5) is 11.8. The zero-order chi connectivity index (χ0) is 18.5. The first-order chi connectivity index (χ1) is 11.0. The highest BCUT2D eigenvalue weighted by molar-refractivity contribution is 9.10. The van der Waals surface area contributed by atoms with E-state index in [2.05, 4.69) is 40.4 Å². The predicted molar refractivity (Wildman–Crippen MR) is 105 cm³/mol. The quantitative estimate of drug-likeness (QED) is 0.537. The zero-order valence-corrected chi connectivity index (χ0v) is 17.8. The monoisotopic (exact) mass is 438 g/mol. The molecule has 0 saturated carbocycles. The molecule has 136 valence electrons. The van der Waals surface area contributed by atoms with Gasteiger partial charge in [-0.3, -0.25) is 0 Å². The van der Waals surface area contributed by atoms with Crippen molar-refractivity contribution in [1.29, 1.82) is 0 Å². The van der Waals surface area contributed by atoms with Crippen LogP contribution in [-0.2, 0) is 4.74 Å². The molecule has 0 aliphatic heterocycles. The molecule has 1 atom stereocenters. The van der Waals surface area contributed by atoms with Crippen molar-refractivity contribution < 1.29 is 9.53 Å². The van der Waals surface area contributed by atoms with E-state index in [4.69, 9.17) is 27.9 Å². The molecule has 0 heterocycles. The van der Waals surface area contributed by atoms with E-state index < -0.39 is 11.7 Å². The lowest BCUT2D eigenvalue weighted by molar-refractivity contribution is 0.0516. The molecule has 1 unspecified atom stereocenters. The van der Waals surface area contributed by atoms with Crippen LogP contribution in [0, 0.1) is 11.8 Å². The van der Waals surface area contributed by atoms with Crippen LogP contribution < -0.4 is 10.6 Å². The number of benzene rings is 1. The number of hydrogen-bond donors (Lipinski definition) is 2. The largest absolute Gasteiger partial charge is 0.444 e. The van der Waals surface area contributed by atoms with Gasteiger partial charge in [0, 0.05) is 17.6 Å². The van der Waals surface area contributed by atoms with E-state index in [9.17, 15) is 4.79 Å². The van der Waals surface area contributed by atoms with Crippen LogP contribution in [0.25, 0.3) is 0 Å². The highest BCUT2D eigenvalue weighted by Gasteiger charge is 2.19. The minimum atomic E-state index is -0.503. The maximum atomic E-state index is 11.8. The first-order valence-corrected chi connectivity index (χ1v) is 9.40. The Labute approximate surface area is 162 Å². The molecule has 0 spiro atoms. The van der Waals surface area contributed by atoms with Gasteiger partial charge in [0.1, 0.15) is 5.60 Å². The summed E-state index contributed by atoms with van der Waals surface area (Å²) in [5.41, 5.74) is 0.268. The second kappa shape index (κ2) is 9.16. The Kier molecular flexibility index (Phi) is 8.16. The molecule has 2 N–H and O–H groups in total. The van der Waals surface area contributed by atoms with E-state index in [1.165, 1.54) is 0 Å². The number of anilines is 1. The van der Waals surface area contributed by atoms with Gasteiger partial charge in [-0.25, -0.2) is 4.79 Å². The molecule has 0 aliphatic carbocycles. The molecule has 0 aliphatic rings. The van der Waals surface area contributed by atoms with Crippen molar-refractivity contribution in [2.75, 3.05) is 18.4 Å². The van der Waals surface area contributed by atoms with Crippen LogP contribution in [0.2, 0.25) is 10.0 Å². The van der Waals surface area contributed by atoms with Gasteiger partial charge in [0.2, 0.25) is 0 Å². The van der Waals surface area contributed by atoms with Crippen molar-refractivity contribution in [2.45, 2.75) is 40.2 Å². The minimum absolute atomic E-state index is 0.219. The van der Waals surface area contributed by atoms with E-state index in [1.807, 2.05) is 32.9 Å². The third kappa shape index (κ3) is 7.08. The fourth-order valence-corrected chi connectivity index (χ4v) is 2.82. The van der Waals surface area contributed by atoms with Crippen molar-refractivity contribution in [2.24, 2.45) is 11.8 Å². The molecule has 0 fully saturated rings. The molecule has 4 nitrogen and oxygen atoms in total. The Balaban J connectivity index is 2.61. The molecule has 0 bridgehead atoms. The van der Waals surface area contributed by atoms with Crippen LogP contribution in [0.4, 0.5) is 10.5 Å². The number of nitrogens with one attached hydrogen (secondary N) is 2. The Morgan fingerprint density at radius 3 is 2.38 bits per heavy atom.